The van der Waals surface area contributed by atoms with Gasteiger partial charge < -0.3 is 4.90 Å². The third-order valence-electron chi connectivity index (χ3n) is 3.93. The summed E-state index contributed by atoms with van der Waals surface area (Å²) in [7, 11) is 1.89. The van der Waals surface area contributed by atoms with Gasteiger partial charge in [-0.25, -0.2) is 9.38 Å². The molecule has 2 rings (SSSR count). The van der Waals surface area contributed by atoms with Crippen LogP contribution in [0.2, 0.25) is 10.0 Å². The zero-order valence-corrected chi connectivity index (χ0v) is 15.7. The molecule has 0 radical (unpaired) electrons. The summed E-state index contributed by atoms with van der Waals surface area (Å²) in [6.45, 7) is 4.48. The van der Waals surface area contributed by atoms with Gasteiger partial charge in [-0.15, -0.1) is 0 Å². The van der Waals surface area contributed by atoms with Gasteiger partial charge in [-0.3, -0.25) is 0 Å². The number of hydrogen-bond acceptors (Lipinski definition) is 2. The maximum absolute atomic E-state index is 13.9. The molecule has 1 atom stereocenters. The van der Waals surface area contributed by atoms with Crippen LogP contribution in [-0.4, -0.2) is 24.8 Å². The van der Waals surface area contributed by atoms with Crippen molar-refractivity contribution in [1.82, 2.24) is 4.90 Å². The van der Waals surface area contributed by atoms with Crippen molar-refractivity contribution in [3.8, 4) is 6.07 Å². The van der Waals surface area contributed by atoms with E-state index in [1.54, 1.807) is 37.5 Å². The van der Waals surface area contributed by atoms with Crippen LogP contribution in [0.15, 0.2) is 35.3 Å². The molecule has 0 bridgehead atoms. The van der Waals surface area contributed by atoms with Crippen molar-refractivity contribution >= 4 is 35.2 Å². The van der Waals surface area contributed by atoms with Crippen LogP contribution in [0.1, 0.15) is 29.5 Å². The first-order chi connectivity index (χ1) is 11.9. The van der Waals surface area contributed by atoms with Crippen LogP contribution in [0.5, 0.6) is 0 Å². The number of aryl methyl sites for hydroxylation is 1. The Morgan fingerprint density at radius 3 is 2.60 bits per heavy atom. The largest absolute Gasteiger partial charge is 0.366 e. The molecule has 1 unspecified atom stereocenters. The Balaban J connectivity index is 2.44. The van der Waals surface area contributed by atoms with E-state index in [0.29, 0.717) is 32.4 Å². The molecular weight excluding hydrogens is 360 g/mol. The highest BCUT2D eigenvalue weighted by atomic mass is 35.5. The molecule has 3 nitrogen and oxygen atoms in total. The van der Waals surface area contributed by atoms with E-state index in [0.717, 1.165) is 6.54 Å². The van der Waals surface area contributed by atoms with Crippen molar-refractivity contribution in [1.29, 1.82) is 5.26 Å². The maximum Gasteiger partial charge on any atom is 0.126 e. The lowest BCUT2D eigenvalue weighted by Crippen LogP contribution is -2.14. The number of rotatable bonds is 5. The molecular formula is C19H18Cl2FN3. The molecule has 0 fully saturated rings. The fraction of sp³-hybridized carbons (Fsp3) is 0.263. The van der Waals surface area contributed by atoms with Gasteiger partial charge in [0.2, 0.25) is 0 Å². The molecule has 0 aliphatic rings. The van der Waals surface area contributed by atoms with Crippen molar-refractivity contribution < 1.29 is 4.39 Å². The van der Waals surface area contributed by atoms with Gasteiger partial charge in [-0.2, -0.15) is 5.26 Å². The molecule has 0 amide bonds. The molecule has 0 saturated carbocycles. The first-order valence-corrected chi connectivity index (χ1v) is 8.52. The summed E-state index contributed by atoms with van der Waals surface area (Å²) in [5, 5.41) is 10.3. The highest BCUT2D eigenvalue weighted by molar-refractivity contribution is 6.35. The van der Waals surface area contributed by atoms with E-state index in [1.807, 2.05) is 18.9 Å². The third kappa shape index (κ3) is 4.50. The van der Waals surface area contributed by atoms with Crippen LogP contribution in [-0.2, 0) is 0 Å². The van der Waals surface area contributed by atoms with Gasteiger partial charge in [0.1, 0.15) is 5.82 Å². The van der Waals surface area contributed by atoms with Gasteiger partial charge in [0, 0.05) is 18.6 Å². The highest BCUT2D eigenvalue weighted by Crippen LogP contribution is 2.37. The standard InChI is InChI=1S/C19H18Cl2FN3/c1-4-25(3)11-24-19-9-16(20)14(8-17(19)21)15(10-23)13-6-5-12(2)18(22)7-13/h5-9,11,15H,4H2,1-3H3/b24-11-. The minimum absolute atomic E-state index is 0.358. The molecule has 0 aliphatic heterocycles. The van der Waals surface area contributed by atoms with Crippen LogP contribution >= 0.6 is 23.2 Å². The Morgan fingerprint density at radius 2 is 2.00 bits per heavy atom. The third-order valence-corrected chi connectivity index (χ3v) is 4.56. The van der Waals surface area contributed by atoms with Gasteiger partial charge in [-0.05, 0) is 48.7 Å². The van der Waals surface area contributed by atoms with Crippen molar-refractivity contribution in [2.45, 2.75) is 19.8 Å². The highest BCUT2D eigenvalue weighted by Gasteiger charge is 2.19. The Kier molecular flexibility index (Phi) is 6.41. The van der Waals surface area contributed by atoms with Crippen LogP contribution in [0.3, 0.4) is 0 Å². The first-order valence-electron chi connectivity index (χ1n) is 7.76. The molecule has 2 aromatic rings. The van der Waals surface area contributed by atoms with E-state index in [4.69, 9.17) is 23.2 Å². The van der Waals surface area contributed by atoms with Crippen molar-refractivity contribution in [2.75, 3.05) is 13.6 Å². The minimum atomic E-state index is -0.712. The number of halogens is 3. The SMILES string of the molecule is CCN(C)/C=N\c1cc(Cl)c(C(C#N)c2ccc(C)c(F)c2)cc1Cl. The lowest BCUT2D eigenvalue weighted by atomic mass is 9.91. The Morgan fingerprint density at radius 1 is 1.28 bits per heavy atom. The summed E-state index contributed by atoms with van der Waals surface area (Å²) in [6.07, 6.45) is 1.66. The van der Waals surface area contributed by atoms with Gasteiger partial charge in [-0.1, -0.05) is 35.3 Å². The monoisotopic (exact) mass is 377 g/mol. The molecule has 0 saturated heterocycles. The fourth-order valence-corrected chi connectivity index (χ4v) is 2.71. The van der Waals surface area contributed by atoms with E-state index in [9.17, 15) is 9.65 Å². The smallest absolute Gasteiger partial charge is 0.126 e. The average Bonchev–Trinajstić information content (AvgIpc) is 2.59. The number of nitrogens with zero attached hydrogens (tertiary/aromatic N) is 3. The number of hydrogen-bond donors (Lipinski definition) is 0. The van der Waals surface area contributed by atoms with Crippen molar-refractivity contribution in [3.63, 3.8) is 0 Å². The molecule has 0 heterocycles. The lowest BCUT2D eigenvalue weighted by molar-refractivity contribution is 0.552. The maximum atomic E-state index is 13.9. The molecule has 0 N–H and O–H groups in total. The summed E-state index contributed by atoms with van der Waals surface area (Å²) < 4.78 is 13.9. The summed E-state index contributed by atoms with van der Waals surface area (Å²) in [5.74, 6) is -1.07. The van der Waals surface area contributed by atoms with E-state index in [2.05, 4.69) is 11.1 Å². The van der Waals surface area contributed by atoms with Crippen LogP contribution in [0.25, 0.3) is 0 Å². The second-order valence-electron chi connectivity index (χ2n) is 5.71. The summed E-state index contributed by atoms with van der Waals surface area (Å²) in [6, 6.07) is 10.1. The zero-order chi connectivity index (χ0) is 18.6. The summed E-state index contributed by atoms with van der Waals surface area (Å²) >= 11 is 12.7. The van der Waals surface area contributed by atoms with E-state index in [1.165, 1.54) is 6.07 Å². The molecule has 2 aromatic carbocycles. The van der Waals surface area contributed by atoms with Gasteiger partial charge >= 0.3 is 0 Å². The van der Waals surface area contributed by atoms with Crippen molar-refractivity contribution in [3.05, 3.63) is 62.9 Å². The van der Waals surface area contributed by atoms with Gasteiger partial charge in [0.25, 0.3) is 0 Å². The van der Waals surface area contributed by atoms with Gasteiger partial charge in [0.05, 0.1) is 29.0 Å². The first kappa shape index (κ1) is 19.2. The topological polar surface area (TPSA) is 39.4 Å². The van der Waals surface area contributed by atoms with Crippen LogP contribution < -0.4 is 0 Å². The van der Waals surface area contributed by atoms with Crippen LogP contribution in [0.4, 0.5) is 10.1 Å². The second-order valence-corrected chi connectivity index (χ2v) is 6.53. The average molecular weight is 378 g/mol. The van der Waals surface area contributed by atoms with E-state index in [-0.39, 0.29) is 5.82 Å². The number of nitriles is 1. The predicted molar refractivity (Wildman–Crippen MR) is 102 cm³/mol. The number of benzene rings is 2. The molecule has 25 heavy (non-hydrogen) atoms. The molecule has 0 aliphatic carbocycles. The minimum Gasteiger partial charge on any atom is -0.366 e. The Labute approximate surface area is 157 Å². The molecule has 6 heteroatoms. The molecule has 0 aromatic heterocycles. The predicted octanol–water partition coefficient (Wildman–Crippen LogP) is 5.71. The van der Waals surface area contributed by atoms with E-state index >= 15 is 0 Å². The Bertz CT molecular complexity index is 843. The van der Waals surface area contributed by atoms with Gasteiger partial charge in [0.15, 0.2) is 0 Å². The lowest BCUT2D eigenvalue weighted by Gasteiger charge is -2.14. The fourth-order valence-electron chi connectivity index (χ4n) is 2.23. The number of aliphatic imine (C=N–C) groups is 1. The zero-order valence-electron chi connectivity index (χ0n) is 14.2. The Hall–Kier alpha value is -2.09. The molecule has 0 spiro atoms. The van der Waals surface area contributed by atoms with E-state index < -0.39 is 5.92 Å². The normalized spacial score (nSPS) is 12.2. The summed E-state index contributed by atoms with van der Waals surface area (Å²) in [4.78, 5) is 6.20. The quantitative estimate of drug-likeness (QED) is 0.494. The summed E-state index contributed by atoms with van der Waals surface area (Å²) in [5.41, 5.74) is 2.10. The second kappa shape index (κ2) is 8.33. The molecule has 130 valence electrons. The van der Waals surface area contributed by atoms with Crippen molar-refractivity contribution in [2.24, 2.45) is 4.99 Å². The van der Waals surface area contributed by atoms with Crippen LogP contribution in [0, 0.1) is 24.1 Å².